The summed E-state index contributed by atoms with van der Waals surface area (Å²) in [6.07, 6.45) is 2.83. The molecule has 0 spiro atoms. The SMILES string of the molecule is CCC#CCCc1cc(C)ccc1OCC. The average Bonchev–Trinajstić information content (AvgIpc) is 2.28. The van der Waals surface area contributed by atoms with Gasteiger partial charge in [-0.3, -0.25) is 0 Å². The van der Waals surface area contributed by atoms with E-state index in [-0.39, 0.29) is 0 Å². The fourth-order valence-electron chi connectivity index (χ4n) is 1.61. The van der Waals surface area contributed by atoms with E-state index in [0.717, 1.165) is 31.6 Å². The standard InChI is InChI=1S/C15H20O/c1-4-6-7-8-9-14-12-13(3)10-11-15(14)16-5-2/h10-12H,4-5,8-9H2,1-3H3. The number of hydrogen-bond donors (Lipinski definition) is 0. The lowest BCUT2D eigenvalue weighted by Gasteiger charge is -2.09. The highest BCUT2D eigenvalue weighted by Crippen LogP contribution is 2.21. The van der Waals surface area contributed by atoms with E-state index >= 15 is 0 Å². The molecule has 1 aromatic rings. The Morgan fingerprint density at radius 3 is 2.69 bits per heavy atom. The maximum Gasteiger partial charge on any atom is 0.122 e. The van der Waals surface area contributed by atoms with Gasteiger partial charge in [-0.05, 0) is 31.9 Å². The second kappa shape index (κ2) is 6.95. The van der Waals surface area contributed by atoms with Crippen molar-refractivity contribution >= 4 is 0 Å². The van der Waals surface area contributed by atoms with Crippen LogP contribution in [0, 0.1) is 18.8 Å². The molecule has 0 radical (unpaired) electrons. The van der Waals surface area contributed by atoms with Crippen LogP contribution in [0.3, 0.4) is 0 Å². The van der Waals surface area contributed by atoms with Gasteiger partial charge < -0.3 is 4.74 Å². The minimum Gasteiger partial charge on any atom is -0.494 e. The van der Waals surface area contributed by atoms with E-state index in [1.54, 1.807) is 0 Å². The zero-order valence-electron chi connectivity index (χ0n) is 10.5. The Morgan fingerprint density at radius 2 is 2.00 bits per heavy atom. The predicted octanol–water partition coefficient (Wildman–Crippen LogP) is 3.74. The van der Waals surface area contributed by atoms with Gasteiger partial charge in [0.25, 0.3) is 0 Å². The normalized spacial score (nSPS) is 9.44. The molecule has 0 saturated carbocycles. The van der Waals surface area contributed by atoms with Crippen molar-refractivity contribution < 1.29 is 4.74 Å². The molecule has 0 amide bonds. The van der Waals surface area contributed by atoms with E-state index in [9.17, 15) is 0 Å². The lowest BCUT2D eigenvalue weighted by molar-refractivity contribution is 0.336. The molecule has 0 bridgehead atoms. The van der Waals surface area contributed by atoms with Crippen LogP contribution in [0.1, 0.15) is 37.8 Å². The smallest absolute Gasteiger partial charge is 0.122 e. The maximum absolute atomic E-state index is 5.60. The van der Waals surface area contributed by atoms with Gasteiger partial charge in [0.1, 0.15) is 5.75 Å². The van der Waals surface area contributed by atoms with Gasteiger partial charge in [-0.2, -0.15) is 0 Å². The number of aryl methyl sites for hydroxylation is 2. The number of rotatable bonds is 4. The zero-order valence-corrected chi connectivity index (χ0v) is 10.5. The molecule has 1 nitrogen and oxygen atoms in total. The van der Waals surface area contributed by atoms with E-state index in [4.69, 9.17) is 4.74 Å². The first kappa shape index (κ1) is 12.6. The van der Waals surface area contributed by atoms with Gasteiger partial charge in [0, 0.05) is 12.8 Å². The first-order valence-corrected chi connectivity index (χ1v) is 5.96. The molecule has 0 N–H and O–H groups in total. The number of hydrogen-bond acceptors (Lipinski definition) is 1. The topological polar surface area (TPSA) is 9.23 Å². The summed E-state index contributed by atoms with van der Waals surface area (Å²) in [6.45, 7) is 6.92. The van der Waals surface area contributed by atoms with Crippen molar-refractivity contribution in [3.8, 4) is 17.6 Å². The van der Waals surface area contributed by atoms with Crippen LogP contribution in [0.5, 0.6) is 5.75 Å². The lowest BCUT2D eigenvalue weighted by Crippen LogP contribution is -1.97. The third kappa shape index (κ3) is 3.98. The largest absolute Gasteiger partial charge is 0.494 e. The molecule has 1 rings (SSSR count). The monoisotopic (exact) mass is 216 g/mol. The first-order chi connectivity index (χ1) is 7.77. The predicted molar refractivity (Wildman–Crippen MR) is 68.7 cm³/mol. The Balaban J connectivity index is 2.71. The van der Waals surface area contributed by atoms with Gasteiger partial charge in [-0.15, -0.1) is 11.8 Å². The summed E-state index contributed by atoms with van der Waals surface area (Å²) in [4.78, 5) is 0. The van der Waals surface area contributed by atoms with Crippen LogP contribution in [0.25, 0.3) is 0 Å². The van der Waals surface area contributed by atoms with Crippen LogP contribution in [0.2, 0.25) is 0 Å². The molecule has 0 saturated heterocycles. The van der Waals surface area contributed by atoms with Crippen molar-refractivity contribution in [3.63, 3.8) is 0 Å². The third-order valence-corrected chi connectivity index (χ3v) is 2.34. The minimum absolute atomic E-state index is 0.719. The molecule has 0 atom stereocenters. The van der Waals surface area contributed by atoms with Gasteiger partial charge in [-0.25, -0.2) is 0 Å². The molecule has 0 aromatic heterocycles. The summed E-state index contributed by atoms with van der Waals surface area (Å²) >= 11 is 0. The molecule has 0 fully saturated rings. The van der Waals surface area contributed by atoms with Crippen molar-refractivity contribution in [1.29, 1.82) is 0 Å². The fourth-order valence-corrected chi connectivity index (χ4v) is 1.61. The van der Waals surface area contributed by atoms with Gasteiger partial charge in [0.2, 0.25) is 0 Å². The average molecular weight is 216 g/mol. The molecular formula is C15H20O. The van der Waals surface area contributed by atoms with Crippen molar-refractivity contribution in [2.24, 2.45) is 0 Å². The van der Waals surface area contributed by atoms with Crippen molar-refractivity contribution in [1.82, 2.24) is 0 Å². The van der Waals surface area contributed by atoms with E-state index in [1.807, 2.05) is 6.92 Å². The Hall–Kier alpha value is -1.42. The third-order valence-electron chi connectivity index (χ3n) is 2.34. The summed E-state index contributed by atoms with van der Waals surface area (Å²) in [6, 6.07) is 6.34. The molecule has 0 aliphatic carbocycles. The van der Waals surface area contributed by atoms with Gasteiger partial charge in [0.15, 0.2) is 0 Å². The van der Waals surface area contributed by atoms with Gasteiger partial charge >= 0.3 is 0 Å². The second-order valence-electron chi connectivity index (χ2n) is 3.75. The summed E-state index contributed by atoms with van der Waals surface area (Å²) in [7, 11) is 0. The van der Waals surface area contributed by atoms with Crippen LogP contribution in [0.15, 0.2) is 18.2 Å². The summed E-state index contributed by atoms with van der Waals surface area (Å²) in [5, 5.41) is 0. The molecule has 1 heteroatoms. The molecule has 0 heterocycles. The van der Waals surface area contributed by atoms with Crippen LogP contribution >= 0.6 is 0 Å². The Bertz CT molecular complexity index is 382. The maximum atomic E-state index is 5.60. The van der Waals surface area contributed by atoms with E-state index < -0.39 is 0 Å². The summed E-state index contributed by atoms with van der Waals surface area (Å²) in [5.74, 6) is 7.27. The summed E-state index contributed by atoms with van der Waals surface area (Å²) in [5.41, 5.74) is 2.55. The molecule has 0 aliphatic heterocycles. The van der Waals surface area contributed by atoms with Crippen LogP contribution < -0.4 is 4.74 Å². The van der Waals surface area contributed by atoms with E-state index in [2.05, 4.69) is 43.9 Å². The van der Waals surface area contributed by atoms with Gasteiger partial charge in [-0.1, -0.05) is 24.6 Å². The first-order valence-electron chi connectivity index (χ1n) is 5.96. The van der Waals surface area contributed by atoms with E-state index in [0.29, 0.717) is 0 Å². The van der Waals surface area contributed by atoms with Crippen LogP contribution in [-0.4, -0.2) is 6.61 Å². The Labute approximate surface area is 98.8 Å². The number of benzene rings is 1. The molecule has 0 unspecified atom stereocenters. The molecule has 0 aliphatic rings. The molecule has 1 aromatic carbocycles. The highest BCUT2D eigenvalue weighted by Gasteiger charge is 2.02. The van der Waals surface area contributed by atoms with Crippen molar-refractivity contribution in [2.45, 2.75) is 40.0 Å². The van der Waals surface area contributed by atoms with Gasteiger partial charge in [0.05, 0.1) is 6.61 Å². The molecule has 86 valence electrons. The highest BCUT2D eigenvalue weighted by atomic mass is 16.5. The Kier molecular flexibility index (Phi) is 5.50. The van der Waals surface area contributed by atoms with E-state index in [1.165, 1.54) is 11.1 Å². The van der Waals surface area contributed by atoms with Crippen molar-refractivity contribution in [2.75, 3.05) is 6.61 Å². The lowest BCUT2D eigenvalue weighted by atomic mass is 10.1. The number of ether oxygens (including phenoxy) is 1. The summed E-state index contributed by atoms with van der Waals surface area (Å²) < 4.78 is 5.60. The van der Waals surface area contributed by atoms with Crippen LogP contribution in [0.4, 0.5) is 0 Å². The second-order valence-corrected chi connectivity index (χ2v) is 3.75. The molecule has 16 heavy (non-hydrogen) atoms. The minimum atomic E-state index is 0.719. The fraction of sp³-hybridized carbons (Fsp3) is 0.467. The zero-order chi connectivity index (χ0) is 11.8. The van der Waals surface area contributed by atoms with Crippen LogP contribution in [-0.2, 0) is 6.42 Å². The molecular weight excluding hydrogens is 196 g/mol. The highest BCUT2D eigenvalue weighted by molar-refractivity contribution is 5.37. The Morgan fingerprint density at radius 1 is 1.19 bits per heavy atom. The van der Waals surface area contributed by atoms with Crippen molar-refractivity contribution in [3.05, 3.63) is 29.3 Å². The quantitative estimate of drug-likeness (QED) is 0.697.